The summed E-state index contributed by atoms with van der Waals surface area (Å²) in [5.41, 5.74) is 1.93. The van der Waals surface area contributed by atoms with E-state index in [1.165, 1.54) is 26.1 Å². The topological polar surface area (TPSA) is 80.6 Å². The van der Waals surface area contributed by atoms with E-state index in [4.69, 9.17) is 4.74 Å². The SMILES string of the molecule is O=C(NCc1ccc(S(=O)(=O)N2CCOCC2)s1)c1c(-n2cccc2)sc2c1CCCC2. The number of thiophene rings is 2. The predicted molar refractivity (Wildman–Crippen MR) is 125 cm³/mol. The van der Waals surface area contributed by atoms with Crippen molar-refractivity contribution >= 4 is 38.6 Å². The van der Waals surface area contributed by atoms with E-state index >= 15 is 0 Å². The highest BCUT2D eigenvalue weighted by Crippen LogP contribution is 2.37. The molecule has 2 aliphatic rings. The van der Waals surface area contributed by atoms with Crippen molar-refractivity contribution in [2.75, 3.05) is 26.3 Å². The lowest BCUT2D eigenvalue weighted by Crippen LogP contribution is -2.40. The molecule has 1 N–H and O–H groups in total. The molecular formula is C22H25N3O4S3. The molecule has 10 heteroatoms. The average Bonchev–Trinajstić information content (AvgIpc) is 3.57. The molecule has 0 saturated carbocycles. The number of carbonyl (C=O) groups excluding carboxylic acids is 1. The molecule has 1 amide bonds. The summed E-state index contributed by atoms with van der Waals surface area (Å²) in [4.78, 5) is 15.4. The number of ether oxygens (including phenoxy) is 1. The molecule has 0 atom stereocenters. The highest BCUT2D eigenvalue weighted by Gasteiger charge is 2.29. The number of hydrogen-bond donors (Lipinski definition) is 1. The van der Waals surface area contributed by atoms with Gasteiger partial charge < -0.3 is 14.6 Å². The average molecular weight is 492 g/mol. The zero-order valence-corrected chi connectivity index (χ0v) is 20.0. The Morgan fingerprint density at radius 2 is 1.81 bits per heavy atom. The third-order valence-electron chi connectivity index (χ3n) is 5.84. The lowest BCUT2D eigenvalue weighted by Gasteiger charge is -2.25. The van der Waals surface area contributed by atoms with Crippen molar-refractivity contribution in [3.05, 3.63) is 57.5 Å². The monoisotopic (exact) mass is 491 g/mol. The maximum atomic E-state index is 13.3. The molecule has 0 bridgehead atoms. The number of aromatic nitrogens is 1. The summed E-state index contributed by atoms with van der Waals surface area (Å²) in [6, 6.07) is 7.34. The van der Waals surface area contributed by atoms with Crippen LogP contribution in [-0.4, -0.2) is 49.5 Å². The van der Waals surface area contributed by atoms with Crippen LogP contribution in [0.2, 0.25) is 0 Å². The summed E-state index contributed by atoms with van der Waals surface area (Å²) in [5.74, 6) is -0.0981. The molecule has 0 aromatic carbocycles. The highest BCUT2D eigenvalue weighted by molar-refractivity contribution is 7.91. The second-order valence-corrected chi connectivity index (χ2v) is 12.3. The maximum Gasteiger partial charge on any atom is 0.254 e. The third kappa shape index (κ3) is 4.17. The fourth-order valence-electron chi connectivity index (χ4n) is 4.20. The van der Waals surface area contributed by atoms with Gasteiger partial charge in [0, 0.05) is 35.2 Å². The first kappa shape index (κ1) is 21.8. The molecule has 4 heterocycles. The second kappa shape index (κ2) is 9.11. The van der Waals surface area contributed by atoms with E-state index in [1.807, 2.05) is 29.1 Å². The Bertz CT molecular complexity index is 1210. The van der Waals surface area contributed by atoms with E-state index in [0.29, 0.717) is 37.1 Å². The van der Waals surface area contributed by atoms with E-state index in [1.54, 1.807) is 23.5 Å². The van der Waals surface area contributed by atoms with Crippen molar-refractivity contribution in [3.8, 4) is 5.00 Å². The van der Waals surface area contributed by atoms with Crippen molar-refractivity contribution < 1.29 is 17.9 Å². The number of aryl methyl sites for hydroxylation is 1. The van der Waals surface area contributed by atoms with Gasteiger partial charge in [-0.05, 0) is 55.5 Å². The van der Waals surface area contributed by atoms with Gasteiger partial charge in [-0.2, -0.15) is 4.31 Å². The summed E-state index contributed by atoms with van der Waals surface area (Å²) < 4.78 is 34.8. The number of amides is 1. The van der Waals surface area contributed by atoms with Crippen LogP contribution < -0.4 is 5.32 Å². The second-order valence-electron chi connectivity index (χ2n) is 7.90. The molecule has 3 aromatic rings. The molecule has 7 nitrogen and oxygen atoms in total. The van der Waals surface area contributed by atoms with Gasteiger partial charge in [-0.1, -0.05) is 0 Å². The lowest BCUT2D eigenvalue weighted by molar-refractivity contribution is 0.0731. The van der Waals surface area contributed by atoms with E-state index in [0.717, 1.165) is 41.1 Å². The Morgan fingerprint density at radius 1 is 1.06 bits per heavy atom. The number of carbonyl (C=O) groups is 1. The summed E-state index contributed by atoms with van der Waals surface area (Å²) in [6.07, 6.45) is 8.15. The number of nitrogens with zero attached hydrogens (tertiary/aromatic N) is 2. The van der Waals surface area contributed by atoms with Gasteiger partial charge in [0.05, 0.1) is 25.3 Å². The van der Waals surface area contributed by atoms with E-state index in [-0.39, 0.29) is 5.91 Å². The number of sulfonamides is 1. The number of rotatable bonds is 6. The largest absolute Gasteiger partial charge is 0.379 e. The van der Waals surface area contributed by atoms with Crippen LogP contribution in [0.25, 0.3) is 5.00 Å². The zero-order valence-electron chi connectivity index (χ0n) is 17.6. The highest BCUT2D eigenvalue weighted by atomic mass is 32.2. The molecule has 1 saturated heterocycles. The summed E-state index contributed by atoms with van der Waals surface area (Å²) in [6.45, 7) is 1.89. The Kier molecular flexibility index (Phi) is 6.22. The van der Waals surface area contributed by atoms with E-state index in [2.05, 4.69) is 5.32 Å². The molecule has 1 aliphatic heterocycles. The van der Waals surface area contributed by atoms with Gasteiger partial charge in [-0.15, -0.1) is 22.7 Å². The summed E-state index contributed by atoms with van der Waals surface area (Å²) >= 11 is 2.92. The van der Waals surface area contributed by atoms with Crippen molar-refractivity contribution in [3.63, 3.8) is 0 Å². The smallest absolute Gasteiger partial charge is 0.254 e. The summed E-state index contributed by atoms with van der Waals surface area (Å²) in [5, 5.41) is 3.99. The van der Waals surface area contributed by atoms with Gasteiger partial charge in [0.2, 0.25) is 0 Å². The molecule has 1 aliphatic carbocycles. The van der Waals surface area contributed by atoms with Gasteiger partial charge in [0.25, 0.3) is 15.9 Å². The minimum atomic E-state index is -3.51. The molecular weight excluding hydrogens is 466 g/mol. The Hall–Kier alpha value is -1.98. The normalized spacial score (nSPS) is 17.2. The molecule has 0 unspecified atom stereocenters. The standard InChI is InChI=1S/C22H25N3O4S3/c26-21(20-17-5-1-2-6-18(17)31-22(20)24-9-3-4-10-24)23-15-16-7-8-19(30-16)32(27,28)25-11-13-29-14-12-25/h3-4,7-10H,1-2,5-6,11-15H2,(H,23,26). The van der Waals surface area contributed by atoms with Crippen LogP contribution >= 0.6 is 22.7 Å². The molecule has 5 rings (SSSR count). The minimum Gasteiger partial charge on any atom is -0.379 e. The van der Waals surface area contributed by atoms with Gasteiger partial charge in [0.1, 0.15) is 9.21 Å². The minimum absolute atomic E-state index is 0.0981. The Morgan fingerprint density at radius 3 is 2.59 bits per heavy atom. The van der Waals surface area contributed by atoms with Crippen LogP contribution in [0.3, 0.4) is 0 Å². The third-order valence-corrected chi connectivity index (χ3v) is 10.6. The van der Waals surface area contributed by atoms with Gasteiger partial charge in [0.15, 0.2) is 0 Å². The predicted octanol–water partition coefficient (Wildman–Crippen LogP) is 3.43. The first-order chi connectivity index (χ1) is 15.5. The van der Waals surface area contributed by atoms with Crippen LogP contribution in [0, 0.1) is 0 Å². The quantitative estimate of drug-likeness (QED) is 0.573. The van der Waals surface area contributed by atoms with Crippen LogP contribution in [0.4, 0.5) is 0 Å². The molecule has 32 heavy (non-hydrogen) atoms. The Balaban J connectivity index is 1.33. The molecule has 0 radical (unpaired) electrons. The molecule has 0 spiro atoms. The fraction of sp³-hybridized carbons (Fsp3) is 0.409. The van der Waals surface area contributed by atoms with Crippen molar-refractivity contribution in [2.24, 2.45) is 0 Å². The van der Waals surface area contributed by atoms with Crippen molar-refractivity contribution in [1.29, 1.82) is 0 Å². The van der Waals surface area contributed by atoms with Crippen molar-refractivity contribution in [2.45, 2.75) is 36.4 Å². The zero-order chi connectivity index (χ0) is 22.1. The molecule has 170 valence electrons. The summed E-state index contributed by atoms with van der Waals surface area (Å²) in [7, 11) is -3.51. The molecule has 1 fully saturated rings. The molecule has 3 aromatic heterocycles. The van der Waals surface area contributed by atoms with Crippen molar-refractivity contribution in [1.82, 2.24) is 14.2 Å². The lowest BCUT2D eigenvalue weighted by atomic mass is 9.95. The van der Waals surface area contributed by atoms with Crippen LogP contribution in [0.15, 0.2) is 40.9 Å². The van der Waals surface area contributed by atoms with Crippen LogP contribution in [-0.2, 0) is 34.1 Å². The van der Waals surface area contributed by atoms with Gasteiger partial charge in [-0.25, -0.2) is 8.42 Å². The van der Waals surface area contributed by atoms with Gasteiger partial charge in [-0.3, -0.25) is 4.79 Å². The van der Waals surface area contributed by atoms with Crippen LogP contribution in [0.1, 0.15) is 38.5 Å². The first-order valence-corrected chi connectivity index (χ1v) is 13.8. The maximum absolute atomic E-state index is 13.3. The number of hydrogen-bond acceptors (Lipinski definition) is 6. The number of nitrogens with one attached hydrogen (secondary N) is 1. The van der Waals surface area contributed by atoms with E-state index in [9.17, 15) is 13.2 Å². The Labute approximate surface area is 195 Å². The van der Waals surface area contributed by atoms with E-state index < -0.39 is 10.0 Å². The number of fused-ring (bicyclic) bond motifs is 1. The first-order valence-electron chi connectivity index (χ1n) is 10.8. The van der Waals surface area contributed by atoms with Gasteiger partial charge >= 0.3 is 0 Å². The number of morpholine rings is 1. The van der Waals surface area contributed by atoms with Crippen LogP contribution in [0.5, 0.6) is 0 Å². The fourth-order valence-corrected chi connectivity index (χ4v) is 8.41.